The van der Waals surface area contributed by atoms with E-state index in [0.29, 0.717) is 25.2 Å². The summed E-state index contributed by atoms with van der Waals surface area (Å²) < 4.78 is 2.70. The number of nitrogens with zero attached hydrogens (tertiary/aromatic N) is 5. The van der Waals surface area contributed by atoms with Gasteiger partial charge in [-0.1, -0.05) is 0 Å². The standard InChI is InChI=1S/C16H19BrN6OS/c1-9-12(10(2)23-16(19-9)20-15(18)21-23)5-7-14(24)22(3)8-11-4-6-13(17)25-11/h4,6H,5,7-8H2,1-3H3,(H2,18,21). The molecule has 0 saturated heterocycles. The molecule has 3 aromatic heterocycles. The van der Waals surface area contributed by atoms with E-state index in [0.717, 1.165) is 25.6 Å². The SMILES string of the molecule is Cc1nc2nc(N)nn2c(C)c1CCC(=O)N(C)Cc1ccc(Br)s1. The second-order valence-corrected chi connectivity index (χ2v) is 8.45. The molecule has 0 aliphatic heterocycles. The Bertz CT molecular complexity index is 934. The van der Waals surface area contributed by atoms with Crippen molar-refractivity contribution in [1.29, 1.82) is 0 Å². The summed E-state index contributed by atoms with van der Waals surface area (Å²) in [5.74, 6) is 0.787. The van der Waals surface area contributed by atoms with Crippen molar-refractivity contribution in [2.75, 3.05) is 12.8 Å². The summed E-state index contributed by atoms with van der Waals surface area (Å²) in [5, 5.41) is 4.16. The van der Waals surface area contributed by atoms with Gasteiger partial charge < -0.3 is 10.6 Å². The van der Waals surface area contributed by atoms with Crippen LogP contribution in [0.25, 0.3) is 5.78 Å². The number of aryl methyl sites for hydroxylation is 2. The molecule has 2 N–H and O–H groups in total. The fourth-order valence-electron chi connectivity index (χ4n) is 2.77. The van der Waals surface area contributed by atoms with E-state index in [1.165, 1.54) is 0 Å². The second-order valence-electron chi connectivity index (χ2n) is 5.90. The molecule has 9 heteroatoms. The number of nitrogen functional groups attached to an aromatic ring is 1. The number of nitrogens with two attached hydrogens (primary N) is 1. The van der Waals surface area contributed by atoms with E-state index in [4.69, 9.17) is 5.73 Å². The number of fused-ring (bicyclic) bond motifs is 1. The molecular formula is C16H19BrN6OS. The summed E-state index contributed by atoms with van der Waals surface area (Å²) in [5.41, 5.74) is 8.44. The van der Waals surface area contributed by atoms with Gasteiger partial charge in [0.05, 0.1) is 10.3 Å². The summed E-state index contributed by atoms with van der Waals surface area (Å²) in [6, 6.07) is 4.02. The van der Waals surface area contributed by atoms with Gasteiger partial charge in [0.15, 0.2) is 0 Å². The number of hydrogen-bond donors (Lipinski definition) is 1. The number of thiophene rings is 1. The Hall–Kier alpha value is -2.00. The fraction of sp³-hybridized carbons (Fsp3) is 0.375. The molecule has 0 radical (unpaired) electrons. The van der Waals surface area contributed by atoms with Crippen molar-refractivity contribution in [2.24, 2.45) is 0 Å². The number of aromatic nitrogens is 4. The van der Waals surface area contributed by atoms with E-state index in [-0.39, 0.29) is 11.9 Å². The van der Waals surface area contributed by atoms with E-state index in [1.54, 1.807) is 20.8 Å². The molecule has 0 saturated carbocycles. The number of rotatable bonds is 5. The van der Waals surface area contributed by atoms with Gasteiger partial charge in [-0.25, -0.2) is 4.98 Å². The van der Waals surface area contributed by atoms with Crippen LogP contribution in [-0.2, 0) is 17.8 Å². The summed E-state index contributed by atoms with van der Waals surface area (Å²) in [6.45, 7) is 4.48. The summed E-state index contributed by atoms with van der Waals surface area (Å²) >= 11 is 5.08. The Morgan fingerprint density at radius 1 is 1.36 bits per heavy atom. The molecule has 0 atom stereocenters. The topological polar surface area (TPSA) is 89.4 Å². The minimum absolute atomic E-state index is 0.0986. The molecule has 0 bridgehead atoms. The smallest absolute Gasteiger partial charge is 0.254 e. The number of anilines is 1. The Labute approximate surface area is 158 Å². The quantitative estimate of drug-likeness (QED) is 0.682. The van der Waals surface area contributed by atoms with Crippen molar-refractivity contribution in [1.82, 2.24) is 24.5 Å². The number of halogens is 1. The van der Waals surface area contributed by atoms with Gasteiger partial charge in [-0.15, -0.1) is 16.4 Å². The Morgan fingerprint density at radius 2 is 2.12 bits per heavy atom. The van der Waals surface area contributed by atoms with Crippen LogP contribution < -0.4 is 5.73 Å². The molecule has 0 aliphatic carbocycles. The molecular weight excluding hydrogens is 404 g/mol. The zero-order chi connectivity index (χ0) is 18.1. The van der Waals surface area contributed by atoms with Gasteiger partial charge in [-0.3, -0.25) is 4.79 Å². The van der Waals surface area contributed by atoms with Crippen LogP contribution in [-0.4, -0.2) is 37.4 Å². The van der Waals surface area contributed by atoms with Crippen LogP contribution in [0.3, 0.4) is 0 Å². The number of carbonyl (C=O) groups excluding carboxylic acids is 1. The molecule has 132 valence electrons. The lowest BCUT2D eigenvalue weighted by Crippen LogP contribution is -2.26. The van der Waals surface area contributed by atoms with Crippen LogP contribution in [0.2, 0.25) is 0 Å². The van der Waals surface area contributed by atoms with Crippen molar-refractivity contribution in [3.8, 4) is 0 Å². The van der Waals surface area contributed by atoms with Gasteiger partial charge in [-0.2, -0.15) is 9.50 Å². The maximum absolute atomic E-state index is 12.5. The molecule has 1 amide bonds. The van der Waals surface area contributed by atoms with Crippen LogP contribution in [0.5, 0.6) is 0 Å². The van der Waals surface area contributed by atoms with E-state index >= 15 is 0 Å². The van der Waals surface area contributed by atoms with Gasteiger partial charge in [0.1, 0.15) is 0 Å². The fourth-order valence-corrected chi connectivity index (χ4v) is 4.30. The van der Waals surface area contributed by atoms with Crippen molar-refractivity contribution in [3.63, 3.8) is 0 Å². The molecule has 3 heterocycles. The summed E-state index contributed by atoms with van der Waals surface area (Å²) in [6.07, 6.45) is 1.03. The van der Waals surface area contributed by atoms with Crippen molar-refractivity contribution < 1.29 is 4.79 Å². The molecule has 0 fully saturated rings. The Morgan fingerprint density at radius 3 is 2.80 bits per heavy atom. The van der Waals surface area contributed by atoms with Gasteiger partial charge >= 0.3 is 0 Å². The monoisotopic (exact) mass is 422 g/mol. The van der Waals surface area contributed by atoms with Crippen LogP contribution in [0.15, 0.2) is 15.9 Å². The third-order valence-electron chi connectivity index (χ3n) is 4.10. The average molecular weight is 423 g/mol. The predicted octanol–water partition coefficient (Wildman–Crippen LogP) is 2.74. The van der Waals surface area contributed by atoms with E-state index < -0.39 is 0 Å². The van der Waals surface area contributed by atoms with E-state index in [9.17, 15) is 4.79 Å². The largest absolute Gasteiger partial charge is 0.366 e. The number of amides is 1. The summed E-state index contributed by atoms with van der Waals surface area (Å²) in [4.78, 5) is 23.9. The van der Waals surface area contributed by atoms with Crippen LogP contribution in [0.4, 0.5) is 5.95 Å². The molecule has 0 aromatic carbocycles. The number of hydrogen-bond acceptors (Lipinski definition) is 6. The lowest BCUT2D eigenvalue weighted by atomic mass is 10.1. The first-order valence-corrected chi connectivity index (χ1v) is 9.42. The third-order valence-corrected chi connectivity index (χ3v) is 5.71. The van der Waals surface area contributed by atoms with E-state index in [1.807, 2.05) is 33.0 Å². The van der Waals surface area contributed by atoms with Crippen molar-refractivity contribution in [2.45, 2.75) is 33.2 Å². The molecule has 0 spiro atoms. The lowest BCUT2D eigenvalue weighted by molar-refractivity contribution is -0.130. The highest BCUT2D eigenvalue weighted by atomic mass is 79.9. The molecule has 3 rings (SSSR count). The first kappa shape index (κ1) is 17.8. The first-order chi connectivity index (χ1) is 11.8. The van der Waals surface area contributed by atoms with Crippen LogP contribution >= 0.6 is 27.3 Å². The average Bonchev–Trinajstić information content (AvgIpc) is 3.12. The van der Waals surface area contributed by atoms with Gasteiger partial charge in [0.25, 0.3) is 5.78 Å². The predicted molar refractivity (Wildman–Crippen MR) is 101 cm³/mol. The second kappa shape index (κ2) is 7.09. The molecule has 0 unspecified atom stereocenters. The Balaban J connectivity index is 1.70. The maximum atomic E-state index is 12.5. The van der Waals surface area contributed by atoms with Gasteiger partial charge in [0.2, 0.25) is 11.9 Å². The number of carbonyl (C=O) groups is 1. The van der Waals surface area contributed by atoms with Gasteiger partial charge in [0, 0.05) is 29.7 Å². The minimum atomic E-state index is 0.0986. The van der Waals surface area contributed by atoms with Crippen molar-refractivity contribution in [3.05, 3.63) is 37.7 Å². The minimum Gasteiger partial charge on any atom is -0.366 e. The molecule has 3 aromatic rings. The van der Waals surface area contributed by atoms with Crippen LogP contribution in [0.1, 0.15) is 28.2 Å². The lowest BCUT2D eigenvalue weighted by Gasteiger charge is -2.17. The summed E-state index contributed by atoms with van der Waals surface area (Å²) in [7, 11) is 1.83. The maximum Gasteiger partial charge on any atom is 0.254 e. The molecule has 0 aliphatic rings. The molecule has 7 nitrogen and oxygen atoms in total. The first-order valence-electron chi connectivity index (χ1n) is 7.81. The molecule has 25 heavy (non-hydrogen) atoms. The van der Waals surface area contributed by atoms with Crippen molar-refractivity contribution >= 4 is 44.9 Å². The highest BCUT2D eigenvalue weighted by molar-refractivity contribution is 9.11. The zero-order valence-electron chi connectivity index (χ0n) is 14.3. The van der Waals surface area contributed by atoms with E-state index in [2.05, 4.69) is 31.0 Å². The van der Waals surface area contributed by atoms with Gasteiger partial charge in [-0.05, 0) is 53.9 Å². The van der Waals surface area contributed by atoms with Crippen LogP contribution in [0, 0.1) is 13.8 Å². The highest BCUT2D eigenvalue weighted by Gasteiger charge is 2.16. The normalized spacial score (nSPS) is 11.2. The highest BCUT2D eigenvalue weighted by Crippen LogP contribution is 2.23. The zero-order valence-corrected chi connectivity index (χ0v) is 16.7. The third kappa shape index (κ3) is 3.82. The Kier molecular flexibility index (Phi) is 5.05.